The molecule has 1 fully saturated rings. The van der Waals surface area contributed by atoms with Crippen LogP contribution in [0.5, 0.6) is 0 Å². The normalized spacial score (nSPS) is 18.4. The predicted octanol–water partition coefficient (Wildman–Crippen LogP) is 1.97. The Morgan fingerprint density at radius 3 is 2.71 bits per heavy atom. The summed E-state index contributed by atoms with van der Waals surface area (Å²) in [6.45, 7) is 4.32. The van der Waals surface area contributed by atoms with Gasteiger partial charge in [0.2, 0.25) is 5.28 Å². The first-order valence-electron chi connectivity index (χ1n) is 5.98. The molecule has 94 valence electrons. The molecule has 1 aromatic rings. The fourth-order valence-corrected chi connectivity index (χ4v) is 2.45. The van der Waals surface area contributed by atoms with Gasteiger partial charge in [-0.1, -0.05) is 0 Å². The zero-order chi connectivity index (χ0) is 12.4. The van der Waals surface area contributed by atoms with Crippen molar-refractivity contribution in [1.82, 2.24) is 14.9 Å². The number of aromatic nitrogens is 2. The Morgan fingerprint density at radius 1 is 1.41 bits per heavy atom. The van der Waals surface area contributed by atoms with Crippen LogP contribution in [0, 0.1) is 6.92 Å². The fraction of sp³-hybridized carbons (Fsp3) is 0.667. The van der Waals surface area contributed by atoms with Crippen molar-refractivity contribution in [2.24, 2.45) is 0 Å². The number of hydrogen-bond donors (Lipinski definition) is 0. The van der Waals surface area contributed by atoms with Crippen molar-refractivity contribution in [2.45, 2.75) is 25.8 Å². The van der Waals surface area contributed by atoms with E-state index in [0.717, 1.165) is 24.5 Å². The largest absolute Gasteiger partial charge is 0.356 e. The van der Waals surface area contributed by atoms with Crippen molar-refractivity contribution in [3.8, 4) is 0 Å². The Hall–Kier alpha value is -0.870. The van der Waals surface area contributed by atoms with Crippen molar-refractivity contribution in [2.75, 3.05) is 32.1 Å². The average molecular weight is 255 g/mol. The Labute approximate surface area is 108 Å². The van der Waals surface area contributed by atoms with Gasteiger partial charge in [-0.2, -0.15) is 0 Å². The molecule has 0 unspecified atom stereocenters. The van der Waals surface area contributed by atoms with Crippen LogP contribution in [0.1, 0.15) is 18.4 Å². The van der Waals surface area contributed by atoms with Gasteiger partial charge in [0, 0.05) is 24.8 Å². The lowest BCUT2D eigenvalue weighted by Gasteiger charge is -2.36. The monoisotopic (exact) mass is 254 g/mol. The number of hydrogen-bond acceptors (Lipinski definition) is 4. The summed E-state index contributed by atoms with van der Waals surface area (Å²) in [4.78, 5) is 12.9. The number of likely N-dealkylation sites (tertiary alicyclic amines) is 1. The molecule has 1 aliphatic rings. The van der Waals surface area contributed by atoms with Crippen LogP contribution in [0.2, 0.25) is 5.28 Å². The predicted molar refractivity (Wildman–Crippen MR) is 70.7 cm³/mol. The number of anilines is 1. The summed E-state index contributed by atoms with van der Waals surface area (Å²) in [7, 11) is 4.27. The maximum atomic E-state index is 5.87. The summed E-state index contributed by atoms with van der Waals surface area (Å²) in [6.07, 6.45) is 4.14. The van der Waals surface area contributed by atoms with E-state index in [1.165, 1.54) is 12.8 Å². The summed E-state index contributed by atoms with van der Waals surface area (Å²) < 4.78 is 0. The van der Waals surface area contributed by atoms with Gasteiger partial charge in [-0.3, -0.25) is 0 Å². The van der Waals surface area contributed by atoms with E-state index in [0.29, 0.717) is 11.3 Å². The average Bonchev–Trinajstić information content (AvgIpc) is 2.32. The molecular formula is C12H19ClN4. The summed E-state index contributed by atoms with van der Waals surface area (Å²) in [5.74, 6) is 0.958. The summed E-state index contributed by atoms with van der Waals surface area (Å²) >= 11 is 5.87. The van der Waals surface area contributed by atoms with Crippen LogP contribution >= 0.6 is 11.6 Å². The molecule has 0 saturated carbocycles. The second-order valence-corrected chi connectivity index (χ2v) is 5.13. The number of nitrogens with zero attached hydrogens (tertiary/aromatic N) is 4. The van der Waals surface area contributed by atoms with E-state index in [4.69, 9.17) is 11.6 Å². The lowest BCUT2D eigenvalue weighted by molar-refractivity contribution is 0.252. The highest BCUT2D eigenvalue weighted by molar-refractivity contribution is 6.28. The van der Waals surface area contributed by atoms with E-state index in [2.05, 4.69) is 33.9 Å². The number of aryl methyl sites for hydroxylation is 1. The molecule has 0 bridgehead atoms. The molecule has 0 amide bonds. The molecule has 2 rings (SSSR count). The van der Waals surface area contributed by atoms with Crippen LogP contribution in [-0.2, 0) is 0 Å². The van der Waals surface area contributed by atoms with Gasteiger partial charge >= 0.3 is 0 Å². The number of rotatable bonds is 2. The van der Waals surface area contributed by atoms with Crippen LogP contribution in [-0.4, -0.2) is 48.1 Å². The van der Waals surface area contributed by atoms with Gasteiger partial charge in [-0.25, -0.2) is 9.97 Å². The molecule has 1 saturated heterocycles. The fourth-order valence-electron chi connectivity index (χ4n) is 2.32. The van der Waals surface area contributed by atoms with Crippen LogP contribution in [0.4, 0.5) is 5.82 Å². The highest BCUT2D eigenvalue weighted by Gasteiger charge is 2.22. The van der Waals surface area contributed by atoms with E-state index in [1.54, 1.807) is 6.20 Å². The molecule has 0 N–H and O–H groups in total. The maximum Gasteiger partial charge on any atom is 0.224 e. The van der Waals surface area contributed by atoms with Crippen molar-refractivity contribution < 1.29 is 0 Å². The maximum absolute atomic E-state index is 5.87. The molecule has 0 atom stereocenters. The molecule has 5 heteroatoms. The van der Waals surface area contributed by atoms with Crippen LogP contribution < -0.4 is 4.90 Å². The van der Waals surface area contributed by atoms with Gasteiger partial charge < -0.3 is 9.80 Å². The van der Waals surface area contributed by atoms with Crippen molar-refractivity contribution in [3.05, 3.63) is 17.0 Å². The molecule has 0 radical (unpaired) electrons. The minimum Gasteiger partial charge on any atom is -0.356 e. The minimum absolute atomic E-state index is 0.324. The molecule has 2 heterocycles. The lowest BCUT2D eigenvalue weighted by atomic mass is 10.0. The Morgan fingerprint density at radius 2 is 2.06 bits per heavy atom. The van der Waals surface area contributed by atoms with Crippen molar-refractivity contribution in [3.63, 3.8) is 0 Å². The zero-order valence-corrected chi connectivity index (χ0v) is 11.4. The third kappa shape index (κ3) is 2.87. The summed E-state index contributed by atoms with van der Waals surface area (Å²) in [5.41, 5.74) is 1.08. The van der Waals surface area contributed by atoms with Gasteiger partial charge in [0.25, 0.3) is 0 Å². The van der Waals surface area contributed by atoms with E-state index < -0.39 is 0 Å². The van der Waals surface area contributed by atoms with Gasteiger partial charge in [0.05, 0.1) is 0 Å². The molecule has 0 spiro atoms. The summed E-state index contributed by atoms with van der Waals surface area (Å²) in [5, 5.41) is 0.324. The van der Waals surface area contributed by atoms with Gasteiger partial charge in [-0.05, 0) is 51.5 Å². The first kappa shape index (κ1) is 12.6. The second kappa shape index (κ2) is 5.19. The van der Waals surface area contributed by atoms with Crippen LogP contribution in [0.25, 0.3) is 0 Å². The molecule has 0 aromatic carbocycles. The van der Waals surface area contributed by atoms with Crippen LogP contribution in [0.3, 0.4) is 0 Å². The Bertz CT molecular complexity index is 388. The Kier molecular flexibility index (Phi) is 3.84. The molecule has 4 nitrogen and oxygen atoms in total. The third-order valence-electron chi connectivity index (χ3n) is 3.49. The van der Waals surface area contributed by atoms with Gasteiger partial charge in [0.1, 0.15) is 5.82 Å². The zero-order valence-electron chi connectivity index (χ0n) is 10.6. The van der Waals surface area contributed by atoms with Gasteiger partial charge in [0.15, 0.2) is 0 Å². The highest BCUT2D eigenvalue weighted by atomic mass is 35.5. The topological polar surface area (TPSA) is 32.3 Å². The second-order valence-electron chi connectivity index (χ2n) is 4.79. The first-order chi connectivity index (χ1) is 8.08. The van der Waals surface area contributed by atoms with Crippen molar-refractivity contribution >= 4 is 17.4 Å². The number of halogens is 1. The smallest absolute Gasteiger partial charge is 0.224 e. The lowest BCUT2D eigenvalue weighted by Crippen LogP contribution is -2.42. The first-order valence-corrected chi connectivity index (χ1v) is 6.36. The quantitative estimate of drug-likeness (QED) is 0.756. The highest BCUT2D eigenvalue weighted by Crippen LogP contribution is 2.23. The van der Waals surface area contributed by atoms with Crippen LogP contribution in [0.15, 0.2) is 6.20 Å². The summed E-state index contributed by atoms with van der Waals surface area (Å²) in [6, 6.07) is 0.552. The van der Waals surface area contributed by atoms with E-state index in [1.807, 2.05) is 6.92 Å². The standard InChI is InChI=1S/C12H19ClN4/c1-9-8-14-12(13)15-11(9)17(3)10-4-6-16(2)7-5-10/h8,10H,4-7H2,1-3H3. The van der Waals surface area contributed by atoms with E-state index in [9.17, 15) is 0 Å². The van der Waals surface area contributed by atoms with E-state index in [-0.39, 0.29) is 0 Å². The SMILES string of the molecule is Cc1cnc(Cl)nc1N(C)C1CCN(C)CC1. The van der Waals surface area contributed by atoms with Crippen molar-refractivity contribution in [1.29, 1.82) is 0 Å². The molecule has 17 heavy (non-hydrogen) atoms. The minimum atomic E-state index is 0.324. The van der Waals surface area contributed by atoms with Gasteiger partial charge in [-0.15, -0.1) is 0 Å². The third-order valence-corrected chi connectivity index (χ3v) is 3.67. The number of piperidine rings is 1. The molecule has 1 aliphatic heterocycles. The molecule has 0 aliphatic carbocycles. The van der Waals surface area contributed by atoms with E-state index >= 15 is 0 Å². The molecular weight excluding hydrogens is 236 g/mol. The molecule has 1 aromatic heterocycles. The Balaban J connectivity index is 2.13.